The molecule has 96 valence electrons. The van der Waals surface area contributed by atoms with Crippen LogP contribution in [-0.4, -0.2) is 22.8 Å². The fourth-order valence-electron chi connectivity index (χ4n) is 2.33. The highest BCUT2D eigenvalue weighted by atomic mass is 79.9. The Kier molecular flexibility index (Phi) is 4.66. The molecule has 18 heavy (non-hydrogen) atoms. The van der Waals surface area contributed by atoms with Gasteiger partial charge >= 0.3 is 0 Å². The second-order valence-electron chi connectivity index (χ2n) is 4.57. The van der Waals surface area contributed by atoms with Crippen molar-refractivity contribution in [1.29, 1.82) is 5.26 Å². The normalized spacial score (nSPS) is 27.7. The Morgan fingerprint density at radius 2 is 2.50 bits per heavy atom. The molecule has 2 atom stereocenters. The molecule has 3 nitrogen and oxygen atoms in total. The summed E-state index contributed by atoms with van der Waals surface area (Å²) >= 11 is 5.30. The molecule has 5 heteroatoms. The fraction of sp³-hybridized carbons (Fsp3) is 0.538. The lowest BCUT2D eigenvalue weighted by atomic mass is 9.83. The van der Waals surface area contributed by atoms with Gasteiger partial charge in [-0.15, -0.1) is 11.8 Å². The molecule has 1 aliphatic rings. The van der Waals surface area contributed by atoms with Gasteiger partial charge in [0.2, 0.25) is 0 Å². The van der Waals surface area contributed by atoms with Crippen LogP contribution in [0.2, 0.25) is 0 Å². The Morgan fingerprint density at radius 1 is 1.67 bits per heavy atom. The topological polar surface area (TPSA) is 48.7 Å². The molecule has 2 unspecified atom stereocenters. The smallest absolute Gasteiger partial charge is 0.110 e. The van der Waals surface area contributed by atoms with Crippen LogP contribution in [0.15, 0.2) is 27.8 Å². The van der Waals surface area contributed by atoms with Crippen molar-refractivity contribution in [2.24, 2.45) is 0 Å². The minimum Gasteiger partial charge on any atom is -0.302 e. The number of hydrogen-bond donors (Lipinski definition) is 1. The predicted octanol–water partition coefficient (Wildman–Crippen LogP) is 3.36. The van der Waals surface area contributed by atoms with Crippen LogP contribution >= 0.6 is 27.7 Å². The van der Waals surface area contributed by atoms with Crippen molar-refractivity contribution in [2.45, 2.75) is 41.5 Å². The lowest BCUT2D eigenvalue weighted by Crippen LogP contribution is -2.46. The Hall–Kier alpha value is -0.570. The van der Waals surface area contributed by atoms with E-state index in [0.717, 1.165) is 35.2 Å². The fourth-order valence-corrected chi connectivity index (χ4v) is 4.13. The van der Waals surface area contributed by atoms with Gasteiger partial charge < -0.3 is 5.32 Å². The Balaban J connectivity index is 2.07. The van der Waals surface area contributed by atoms with Gasteiger partial charge in [0, 0.05) is 15.9 Å². The molecule has 1 aromatic heterocycles. The number of hydrogen-bond acceptors (Lipinski definition) is 4. The summed E-state index contributed by atoms with van der Waals surface area (Å²) in [7, 11) is 1.88. The molecule has 1 N–H and O–H groups in total. The third-order valence-corrected chi connectivity index (χ3v) is 5.59. The SMILES string of the molecule is CNC1(C#N)CCCC(Sc2ncccc2Br)C1. The Bertz CT molecular complexity index is 460. The van der Waals surface area contributed by atoms with Crippen LogP contribution in [0.3, 0.4) is 0 Å². The predicted molar refractivity (Wildman–Crippen MR) is 77.5 cm³/mol. The first-order valence-electron chi connectivity index (χ1n) is 6.06. The molecule has 0 spiro atoms. The molecule has 1 aliphatic carbocycles. The number of pyridine rings is 1. The molecule has 1 fully saturated rings. The second kappa shape index (κ2) is 6.05. The number of thioether (sulfide) groups is 1. The summed E-state index contributed by atoms with van der Waals surface area (Å²) in [4.78, 5) is 4.38. The van der Waals surface area contributed by atoms with Crippen LogP contribution in [0.5, 0.6) is 0 Å². The first kappa shape index (κ1) is 13.9. The highest BCUT2D eigenvalue weighted by molar-refractivity contribution is 9.10. The number of aromatic nitrogens is 1. The van der Waals surface area contributed by atoms with Gasteiger partial charge in [0.05, 0.1) is 6.07 Å². The molecule has 1 saturated carbocycles. The molecule has 0 aromatic carbocycles. The molecule has 2 rings (SSSR count). The highest BCUT2D eigenvalue weighted by Crippen LogP contribution is 2.39. The van der Waals surface area contributed by atoms with E-state index in [2.05, 4.69) is 32.3 Å². The van der Waals surface area contributed by atoms with E-state index < -0.39 is 0 Å². The summed E-state index contributed by atoms with van der Waals surface area (Å²) in [6.07, 6.45) is 5.88. The molecule has 0 amide bonds. The van der Waals surface area contributed by atoms with E-state index in [1.165, 1.54) is 0 Å². The molecule has 0 bridgehead atoms. The van der Waals surface area contributed by atoms with Crippen LogP contribution in [0, 0.1) is 11.3 Å². The Labute approximate surface area is 120 Å². The van der Waals surface area contributed by atoms with E-state index in [1.54, 1.807) is 11.8 Å². The van der Waals surface area contributed by atoms with E-state index in [4.69, 9.17) is 0 Å². The van der Waals surface area contributed by atoms with Gasteiger partial charge in [-0.1, -0.05) is 0 Å². The van der Waals surface area contributed by atoms with Crippen LogP contribution in [0.1, 0.15) is 25.7 Å². The van der Waals surface area contributed by atoms with Crippen molar-refractivity contribution < 1.29 is 0 Å². The zero-order valence-corrected chi connectivity index (χ0v) is 12.7. The minimum atomic E-state index is -0.350. The van der Waals surface area contributed by atoms with Gasteiger partial charge in [0.1, 0.15) is 10.6 Å². The van der Waals surface area contributed by atoms with Gasteiger partial charge in [0.15, 0.2) is 0 Å². The largest absolute Gasteiger partial charge is 0.302 e. The summed E-state index contributed by atoms with van der Waals surface area (Å²) in [6.45, 7) is 0. The zero-order chi connectivity index (χ0) is 13.0. The summed E-state index contributed by atoms with van der Waals surface area (Å²) < 4.78 is 1.03. The van der Waals surface area contributed by atoms with Crippen molar-refractivity contribution >= 4 is 27.7 Å². The summed E-state index contributed by atoms with van der Waals surface area (Å²) in [5, 5.41) is 14.0. The van der Waals surface area contributed by atoms with Crippen molar-refractivity contribution in [1.82, 2.24) is 10.3 Å². The van der Waals surface area contributed by atoms with Crippen molar-refractivity contribution in [3.8, 4) is 6.07 Å². The van der Waals surface area contributed by atoms with Crippen LogP contribution in [0.25, 0.3) is 0 Å². The number of nitrogens with one attached hydrogen (secondary N) is 1. The third kappa shape index (κ3) is 3.05. The van der Waals surface area contributed by atoms with Gasteiger partial charge in [-0.25, -0.2) is 4.98 Å². The Morgan fingerprint density at radius 3 is 3.17 bits per heavy atom. The lowest BCUT2D eigenvalue weighted by Gasteiger charge is -2.35. The van der Waals surface area contributed by atoms with Crippen molar-refractivity contribution in [3.63, 3.8) is 0 Å². The van der Waals surface area contributed by atoms with Gasteiger partial charge in [-0.05, 0) is 60.8 Å². The van der Waals surface area contributed by atoms with Crippen LogP contribution in [0.4, 0.5) is 0 Å². The minimum absolute atomic E-state index is 0.350. The van der Waals surface area contributed by atoms with Gasteiger partial charge in [-0.2, -0.15) is 5.26 Å². The molecule has 0 aliphatic heterocycles. The zero-order valence-electron chi connectivity index (χ0n) is 10.3. The van der Waals surface area contributed by atoms with Crippen molar-refractivity contribution in [2.75, 3.05) is 7.05 Å². The number of nitrogens with zero attached hydrogens (tertiary/aromatic N) is 2. The van der Waals surface area contributed by atoms with Gasteiger partial charge in [0.25, 0.3) is 0 Å². The highest BCUT2D eigenvalue weighted by Gasteiger charge is 2.35. The number of rotatable bonds is 3. The quantitative estimate of drug-likeness (QED) is 0.925. The summed E-state index contributed by atoms with van der Waals surface area (Å²) in [5.74, 6) is 0. The third-order valence-electron chi connectivity index (χ3n) is 3.40. The number of halogens is 1. The first-order chi connectivity index (χ1) is 8.69. The van der Waals surface area contributed by atoms with E-state index >= 15 is 0 Å². The monoisotopic (exact) mass is 325 g/mol. The maximum Gasteiger partial charge on any atom is 0.110 e. The molecule has 1 aromatic rings. The standard InChI is InChI=1S/C13H16BrN3S/c1-16-13(9-15)6-2-4-10(8-13)18-12-11(14)5-3-7-17-12/h3,5,7,10,16H,2,4,6,8H2,1H3. The van der Waals surface area contributed by atoms with E-state index in [1.807, 2.05) is 25.4 Å². The maximum absolute atomic E-state index is 9.33. The number of nitriles is 1. The van der Waals surface area contributed by atoms with Crippen molar-refractivity contribution in [3.05, 3.63) is 22.8 Å². The molecular formula is C13H16BrN3S. The van der Waals surface area contributed by atoms with E-state index in [9.17, 15) is 5.26 Å². The summed E-state index contributed by atoms with van der Waals surface area (Å²) in [6, 6.07) is 6.37. The van der Waals surface area contributed by atoms with Gasteiger partial charge in [-0.3, -0.25) is 0 Å². The molecule has 0 saturated heterocycles. The first-order valence-corrected chi connectivity index (χ1v) is 7.74. The van der Waals surface area contributed by atoms with Crippen LogP contribution < -0.4 is 5.32 Å². The van der Waals surface area contributed by atoms with Crippen LogP contribution in [-0.2, 0) is 0 Å². The maximum atomic E-state index is 9.33. The average molecular weight is 326 g/mol. The second-order valence-corrected chi connectivity index (χ2v) is 6.71. The van der Waals surface area contributed by atoms with E-state index in [-0.39, 0.29) is 5.54 Å². The average Bonchev–Trinajstić information content (AvgIpc) is 2.41. The lowest BCUT2D eigenvalue weighted by molar-refractivity contribution is 0.323. The summed E-state index contributed by atoms with van der Waals surface area (Å²) in [5.41, 5.74) is -0.350. The molecule has 0 radical (unpaired) electrons. The van der Waals surface area contributed by atoms with E-state index in [0.29, 0.717) is 5.25 Å². The molecule has 1 heterocycles. The molecular weight excluding hydrogens is 310 g/mol.